The minimum absolute atomic E-state index is 0.145. The molecule has 0 aromatic heterocycles. The first-order chi connectivity index (χ1) is 15.6. The van der Waals surface area contributed by atoms with Crippen LogP contribution in [0.2, 0.25) is 0 Å². The highest BCUT2D eigenvalue weighted by molar-refractivity contribution is 5.77. The normalized spacial score (nSPS) is 16.5. The van der Waals surface area contributed by atoms with Crippen molar-refractivity contribution in [2.45, 2.75) is 37.8 Å². The maximum atomic E-state index is 12.7. The molecule has 0 saturated carbocycles. The van der Waals surface area contributed by atoms with E-state index in [1.54, 1.807) is 4.90 Å². The van der Waals surface area contributed by atoms with Gasteiger partial charge in [0.25, 0.3) is 0 Å². The van der Waals surface area contributed by atoms with Gasteiger partial charge < -0.3 is 14.7 Å². The summed E-state index contributed by atoms with van der Waals surface area (Å²) >= 11 is 0. The number of rotatable bonds is 7. The highest BCUT2D eigenvalue weighted by atomic mass is 16.6. The molecule has 1 amide bonds. The number of carboxylic acid groups (broad SMARTS) is 1. The second kappa shape index (κ2) is 10.1. The van der Waals surface area contributed by atoms with Gasteiger partial charge in [-0.25, -0.2) is 4.79 Å². The van der Waals surface area contributed by atoms with Gasteiger partial charge in [0, 0.05) is 12.6 Å². The number of benzene rings is 3. The van der Waals surface area contributed by atoms with Gasteiger partial charge in [-0.2, -0.15) is 0 Å². The van der Waals surface area contributed by atoms with Crippen molar-refractivity contribution in [1.29, 1.82) is 0 Å². The van der Waals surface area contributed by atoms with Crippen molar-refractivity contribution in [3.63, 3.8) is 0 Å². The number of hydrogen-bond donors (Lipinski definition) is 1. The van der Waals surface area contributed by atoms with E-state index < -0.39 is 11.9 Å². The molecule has 1 aliphatic heterocycles. The van der Waals surface area contributed by atoms with Gasteiger partial charge in [0.15, 0.2) is 0 Å². The molecule has 5 nitrogen and oxygen atoms in total. The lowest BCUT2D eigenvalue weighted by Gasteiger charge is -2.26. The summed E-state index contributed by atoms with van der Waals surface area (Å²) in [5.41, 5.74) is 3.82. The third kappa shape index (κ3) is 5.17. The van der Waals surface area contributed by atoms with Gasteiger partial charge in [0.2, 0.25) is 0 Å². The number of carbonyl (C=O) groups excluding carboxylic acids is 1. The highest BCUT2D eigenvalue weighted by Gasteiger charge is 2.34. The predicted molar refractivity (Wildman–Crippen MR) is 123 cm³/mol. The quantitative estimate of drug-likeness (QED) is 0.522. The fourth-order valence-electron chi connectivity index (χ4n) is 4.31. The van der Waals surface area contributed by atoms with Gasteiger partial charge >= 0.3 is 12.1 Å². The maximum Gasteiger partial charge on any atom is 0.410 e. The number of aliphatic carboxylic acids is 1. The topological polar surface area (TPSA) is 66.8 Å². The lowest BCUT2D eigenvalue weighted by atomic mass is 9.90. The van der Waals surface area contributed by atoms with Crippen molar-refractivity contribution in [2.75, 3.05) is 6.54 Å². The average molecular weight is 430 g/mol. The molecule has 3 aromatic carbocycles. The van der Waals surface area contributed by atoms with E-state index in [2.05, 4.69) is 0 Å². The van der Waals surface area contributed by atoms with E-state index >= 15 is 0 Å². The molecule has 0 aliphatic carbocycles. The van der Waals surface area contributed by atoms with E-state index in [-0.39, 0.29) is 18.7 Å². The van der Waals surface area contributed by atoms with E-state index in [1.807, 2.05) is 84.9 Å². The fraction of sp³-hybridized carbons (Fsp3) is 0.259. The van der Waals surface area contributed by atoms with E-state index in [4.69, 9.17) is 4.74 Å². The van der Waals surface area contributed by atoms with Crippen molar-refractivity contribution in [1.82, 2.24) is 4.90 Å². The molecule has 5 heteroatoms. The van der Waals surface area contributed by atoms with Gasteiger partial charge in [-0.1, -0.05) is 84.9 Å². The molecule has 1 saturated heterocycles. The number of carbonyl (C=O) groups is 2. The highest BCUT2D eigenvalue weighted by Crippen LogP contribution is 2.31. The molecule has 3 aromatic rings. The van der Waals surface area contributed by atoms with Gasteiger partial charge in [0.1, 0.15) is 6.61 Å². The van der Waals surface area contributed by atoms with Gasteiger partial charge in [-0.3, -0.25) is 4.79 Å². The number of ether oxygens (including phenoxy) is 1. The van der Waals surface area contributed by atoms with Gasteiger partial charge in [0.05, 0.1) is 5.92 Å². The third-order valence-electron chi connectivity index (χ3n) is 6.04. The number of nitrogens with zero attached hydrogens (tertiary/aromatic N) is 1. The second-order valence-corrected chi connectivity index (χ2v) is 8.14. The summed E-state index contributed by atoms with van der Waals surface area (Å²) < 4.78 is 5.49. The smallest absolute Gasteiger partial charge is 0.410 e. The number of hydrogen-bond acceptors (Lipinski definition) is 3. The Balaban J connectivity index is 1.42. The Hall–Kier alpha value is -3.60. The Kier molecular flexibility index (Phi) is 6.85. The van der Waals surface area contributed by atoms with Crippen molar-refractivity contribution < 1.29 is 19.4 Å². The minimum Gasteiger partial charge on any atom is -0.481 e. The van der Waals surface area contributed by atoms with Crippen LogP contribution in [0.4, 0.5) is 4.79 Å². The summed E-state index contributed by atoms with van der Waals surface area (Å²) in [5.74, 6) is -1.55. The van der Waals surface area contributed by atoms with Crippen molar-refractivity contribution >= 4 is 12.1 Å². The van der Waals surface area contributed by atoms with Crippen molar-refractivity contribution in [3.05, 3.63) is 96.1 Å². The summed E-state index contributed by atoms with van der Waals surface area (Å²) in [4.78, 5) is 26.5. The zero-order valence-corrected chi connectivity index (χ0v) is 17.9. The molecule has 2 unspecified atom stereocenters. The molecule has 2 atom stereocenters. The molecule has 1 N–H and O–H groups in total. The second-order valence-electron chi connectivity index (χ2n) is 8.14. The van der Waals surface area contributed by atoms with E-state index in [0.717, 1.165) is 35.1 Å². The minimum atomic E-state index is -0.873. The van der Waals surface area contributed by atoms with Crippen LogP contribution in [-0.4, -0.2) is 34.7 Å². The fourth-order valence-corrected chi connectivity index (χ4v) is 4.31. The van der Waals surface area contributed by atoms with Crippen LogP contribution < -0.4 is 0 Å². The number of carboxylic acids is 1. The molecule has 32 heavy (non-hydrogen) atoms. The standard InChI is InChI=1S/C27H27NO4/c29-26(30)25(23-15-13-22(14-16-23)21-10-5-2-6-11-21)18-24-12-7-17-28(24)27(31)32-19-20-8-3-1-4-9-20/h1-6,8-11,13-16,24-25H,7,12,17-19H2,(H,29,30). The Morgan fingerprint density at radius 2 is 1.53 bits per heavy atom. The zero-order valence-electron chi connectivity index (χ0n) is 17.9. The monoisotopic (exact) mass is 429 g/mol. The summed E-state index contributed by atoms with van der Waals surface area (Å²) in [6.45, 7) is 0.809. The van der Waals surface area contributed by atoms with Crippen LogP contribution in [0.1, 0.15) is 36.3 Å². The van der Waals surface area contributed by atoms with E-state index in [9.17, 15) is 14.7 Å². The van der Waals surface area contributed by atoms with Crippen molar-refractivity contribution in [2.24, 2.45) is 0 Å². The van der Waals surface area contributed by atoms with Crippen LogP contribution in [0.15, 0.2) is 84.9 Å². The Bertz CT molecular complexity index is 1030. The lowest BCUT2D eigenvalue weighted by molar-refractivity contribution is -0.139. The van der Waals surface area contributed by atoms with Crippen LogP contribution in [-0.2, 0) is 16.1 Å². The van der Waals surface area contributed by atoms with Crippen LogP contribution >= 0.6 is 0 Å². The Labute approximate surface area is 188 Å². The SMILES string of the molecule is O=C(O)C(CC1CCCN1C(=O)OCc1ccccc1)c1ccc(-c2ccccc2)cc1. The van der Waals surface area contributed by atoms with Crippen molar-refractivity contribution in [3.8, 4) is 11.1 Å². The molecular weight excluding hydrogens is 402 g/mol. The first kappa shape index (κ1) is 21.6. The first-order valence-corrected chi connectivity index (χ1v) is 11.0. The first-order valence-electron chi connectivity index (χ1n) is 11.0. The molecule has 1 fully saturated rings. The van der Waals surface area contributed by atoms with E-state index in [1.165, 1.54) is 0 Å². The Morgan fingerprint density at radius 3 is 2.19 bits per heavy atom. The average Bonchev–Trinajstić information content (AvgIpc) is 3.31. The molecule has 0 radical (unpaired) electrons. The van der Waals surface area contributed by atoms with Crippen LogP contribution in [0, 0.1) is 0 Å². The molecule has 0 spiro atoms. The zero-order chi connectivity index (χ0) is 22.3. The van der Waals surface area contributed by atoms with Crippen LogP contribution in [0.25, 0.3) is 11.1 Å². The van der Waals surface area contributed by atoms with Gasteiger partial charge in [-0.15, -0.1) is 0 Å². The summed E-state index contributed by atoms with van der Waals surface area (Å²) in [7, 11) is 0. The molecule has 0 bridgehead atoms. The summed E-state index contributed by atoms with van der Waals surface area (Å²) in [6.07, 6.45) is 1.64. The molecule has 1 aliphatic rings. The summed E-state index contributed by atoms with van der Waals surface area (Å²) in [6, 6.07) is 27.1. The van der Waals surface area contributed by atoms with E-state index in [0.29, 0.717) is 13.0 Å². The third-order valence-corrected chi connectivity index (χ3v) is 6.04. The van der Waals surface area contributed by atoms with Crippen LogP contribution in [0.5, 0.6) is 0 Å². The molecule has 4 rings (SSSR count). The molecule has 1 heterocycles. The lowest BCUT2D eigenvalue weighted by Crippen LogP contribution is -2.37. The number of likely N-dealkylation sites (tertiary alicyclic amines) is 1. The summed E-state index contributed by atoms with van der Waals surface area (Å²) in [5, 5.41) is 9.92. The maximum absolute atomic E-state index is 12.7. The number of amides is 1. The predicted octanol–water partition coefficient (Wildman–Crippen LogP) is 5.71. The Morgan fingerprint density at radius 1 is 0.906 bits per heavy atom. The molecule has 164 valence electrons. The largest absolute Gasteiger partial charge is 0.481 e. The van der Waals surface area contributed by atoms with Gasteiger partial charge in [-0.05, 0) is 41.5 Å². The van der Waals surface area contributed by atoms with Crippen LogP contribution in [0.3, 0.4) is 0 Å². The molecular formula is C27H27NO4.